The molecule has 0 aliphatic carbocycles. The molecule has 0 aliphatic rings. The zero-order valence-corrected chi connectivity index (χ0v) is 19.7. The molecule has 0 saturated heterocycles. The Labute approximate surface area is 211 Å². The largest absolute Gasteiger partial charge is 0.397 e. The van der Waals surface area contributed by atoms with Crippen LogP contribution in [0.25, 0.3) is 33.7 Å². The molecule has 0 spiro atoms. The predicted molar refractivity (Wildman–Crippen MR) is 143 cm³/mol. The van der Waals surface area contributed by atoms with Crippen LogP contribution >= 0.6 is 11.6 Å². The van der Waals surface area contributed by atoms with E-state index in [9.17, 15) is 9.59 Å². The highest BCUT2D eigenvalue weighted by atomic mass is 35.5. The molecule has 0 fully saturated rings. The van der Waals surface area contributed by atoms with Gasteiger partial charge in [-0.05, 0) is 18.2 Å². The summed E-state index contributed by atoms with van der Waals surface area (Å²) >= 11 is 6.36. The number of pyridine rings is 1. The van der Waals surface area contributed by atoms with Crippen LogP contribution in [0.4, 0.5) is 5.69 Å². The maximum Gasteiger partial charge on any atom is 0.253 e. The molecule has 0 amide bonds. The van der Waals surface area contributed by atoms with Crippen molar-refractivity contribution in [2.45, 2.75) is 6.42 Å². The number of aromatic nitrogens is 3. The summed E-state index contributed by atoms with van der Waals surface area (Å²) in [5, 5.41) is 8.00. The Kier molecular flexibility index (Phi) is 6.14. The highest BCUT2D eigenvalue weighted by molar-refractivity contribution is 6.34. The van der Waals surface area contributed by atoms with Gasteiger partial charge in [0.25, 0.3) is 5.56 Å². The number of nitrogens with zero attached hydrogens (tertiary/aromatic N) is 2. The Morgan fingerprint density at radius 3 is 2.31 bits per heavy atom. The number of rotatable bonds is 6. The highest BCUT2D eigenvalue weighted by Gasteiger charge is 2.18. The highest BCUT2D eigenvalue weighted by Crippen LogP contribution is 2.34. The van der Waals surface area contributed by atoms with Crippen molar-refractivity contribution < 1.29 is 4.79 Å². The van der Waals surface area contributed by atoms with Crippen LogP contribution < -0.4 is 11.3 Å². The summed E-state index contributed by atoms with van der Waals surface area (Å²) in [5.41, 5.74) is 10.4. The van der Waals surface area contributed by atoms with Gasteiger partial charge in [0.05, 0.1) is 22.1 Å². The van der Waals surface area contributed by atoms with Gasteiger partial charge < -0.3 is 16.1 Å². The number of hydrogen-bond donors (Lipinski definition) is 3. The van der Waals surface area contributed by atoms with Gasteiger partial charge in [0.1, 0.15) is 5.52 Å². The van der Waals surface area contributed by atoms with Crippen LogP contribution in [-0.2, 0) is 6.42 Å². The zero-order valence-electron chi connectivity index (χ0n) is 19.0. The summed E-state index contributed by atoms with van der Waals surface area (Å²) in [4.78, 5) is 37.9. The first kappa shape index (κ1) is 23.1. The number of halogens is 1. The number of nitrogen functional groups attached to an aromatic ring is 1. The molecule has 7 nitrogen and oxygen atoms in total. The van der Waals surface area contributed by atoms with Crippen LogP contribution in [0.1, 0.15) is 21.5 Å². The third-order valence-corrected chi connectivity index (χ3v) is 6.15. The summed E-state index contributed by atoms with van der Waals surface area (Å²) in [6.45, 7) is 0. The van der Waals surface area contributed by atoms with Crippen LogP contribution in [0.3, 0.4) is 0 Å². The van der Waals surface area contributed by atoms with Crippen molar-refractivity contribution in [3.63, 3.8) is 0 Å². The van der Waals surface area contributed by atoms with E-state index in [1.807, 2.05) is 36.4 Å². The first-order valence-corrected chi connectivity index (χ1v) is 11.5. The second-order valence-electron chi connectivity index (χ2n) is 8.22. The van der Waals surface area contributed by atoms with E-state index in [1.54, 1.807) is 42.5 Å². The lowest BCUT2D eigenvalue weighted by Crippen LogP contribution is -2.17. The van der Waals surface area contributed by atoms with Crippen molar-refractivity contribution in [3.8, 4) is 22.5 Å². The molecule has 4 N–H and O–H groups in total. The van der Waals surface area contributed by atoms with Crippen molar-refractivity contribution in [1.29, 1.82) is 5.41 Å². The van der Waals surface area contributed by atoms with Gasteiger partial charge in [-0.1, -0.05) is 72.3 Å². The van der Waals surface area contributed by atoms with Crippen LogP contribution in [0, 0.1) is 5.41 Å². The zero-order chi connectivity index (χ0) is 25.2. The number of ketones is 1. The van der Waals surface area contributed by atoms with Crippen LogP contribution in [-0.4, -0.2) is 26.9 Å². The maximum atomic E-state index is 12.8. The van der Waals surface area contributed by atoms with Gasteiger partial charge in [-0.2, -0.15) is 0 Å². The first-order chi connectivity index (χ1) is 17.4. The van der Waals surface area contributed by atoms with Crippen LogP contribution in [0.15, 0.2) is 83.7 Å². The quantitative estimate of drug-likeness (QED) is 0.168. The third-order valence-electron chi connectivity index (χ3n) is 5.84. The second kappa shape index (κ2) is 9.56. The molecule has 5 aromatic rings. The van der Waals surface area contributed by atoms with E-state index in [0.29, 0.717) is 55.5 Å². The number of benzene rings is 3. The SMILES string of the molecule is N=Cc1cc(-c2nc3cc(CC(=O)c4ccccc4)c(=O)[nH]c3nc2-c2ccccc2)cc(Cl)c1N. The number of Topliss-reactive ketones (excluding diaryl/α,β-unsaturated/α-hetero) is 1. The Morgan fingerprint density at radius 1 is 0.944 bits per heavy atom. The van der Waals surface area contributed by atoms with Gasteiger partial charge in [0, 0.05) is 40.5 Å². The molecule has 0 bridgehead atoms. The molecule has 2 aromatic heterocycles. The molecule has 2 heterocycles. The van der Waals surface area contributed by atoms with E-state index < -0.39 is 5.56 Å². The number of aromatic amines is 1. The van der Waals surface area contributed by atoms with Crippen molar-refractivity contribution in [1.82, 2.24) is 15.0 Å². The van der Waals surface area contributed by atoms with Crippen molar-refractivity contribution in [2.24, 2.45) is 0 Å². The summed E-state index contributed by atoms with van der Waals surface area (Å²) in [6, 6.07) is 23.2. The van der Waals surface area contributed by atoms with Gasteiger partial charge in [-0.25, -0.2) is 9.97 Å². The van der Waals surface area contributed by atoms with E-state index in [-0.39, 0.29) is 12.2 Å². The van der Waals surface area contributed by atoms with Crippen LogP contribution in [0.2, 0.25) is 5.02 Å². The Bertz CT molecular complexity index is 1680. The minimum absolute atomic E-state index is 0.0710. The third kappa shape index (κ3) is 4.39. The van der Waals surface area contributed by atoms with Gasteiger partial charge in [0.2, 0.25) is 0 Å². The normalized spacial score (nSPS) is 10.9. The molecular formula is C28H20ClN5O2. The van der Waals surface area contributed by atoms with Crippen molar-refractivity contribution >= 4 is 40.5 Å². The average molecular weight is 494 g/mol. The smallest absolute Gasteiger partial charge is 0.253 e. The molecule has 8 heteroatoms. The fourth-order valence-electron chi connectivity index (χ4n) is 3.98. The van der Waals surface area contributed by atoms with Crippen molar-refractivity contribution in [3.05, 3.63) is 111 Å². The summed E-state index contributed by atoms with van der Waals surface area (Å²) < 4.78 is 0. The molecule has 176 valence electrons. The molecule has 0 unspecified atom stereocenters. The lowest BCUT2D eigenvalue weighted by Gasteiger charge is -2.13. The molecule has 36 heavy (non-hydrogen) atoms. The number of carbonyl (C=O) groups excluding carboxylic acids is 1. The number of fused-ring (bicyclic) bond motifs is 1. The van der Waals surface area contributed by atoms with Gasteiger partial charge >= 0.3 is 0 Å². The number of carbonyl (C=O) groups is 1. The van der Waals surface area contributed by atoms with E-state index >= 15 is 0 Å². The Morgan fingerprint density at radius 2 is 1.61 bits per heavy atom. The molecule has 0 atom stereocenters. The van der Waals surface area contributed by atoms with Gasteiger partial charge in [0.15, 0.2) is 11.4 Å². The van der Waals surface area contributed by atoms with E-state index in [1.165, 1.54) is 0 Å². The second-order valence-corrected chi connectivity index (χ2v) is 8.62. The van der Waals surface area contributed by atoms with E-state index in [2.05, 4.69) is 4.98 Å². The van der Waals surface area contributed by atoms with Crippen molar-refractivity contribution in [2.75, 3.05) is 5.73 Å². The maximum absolute atomic E-state index is 12.8. The van der Waals surface area contributed by atoms with Gasteiger partial charge in [-0.3, -0.25) is 9.59 Å². The van der Waals surface area contributed by atoms with E-state index in [4.69, 9.17) is 32.7 Å². The molecule has 0 aliphatic heterocycles. The number of nitrogens with two attached hydrogens (primary N) is 1. The predicted octanol–water partition coefficient (Wildman–Crippen LogP) is 5.31. The molecule has 0 radical (unpaired) electrons. The molecule has 3 aromatic carbocycles. The standard InChI is InChI=1S/C28H20ClN5O2/c29-21-12-18(11-20(15-30)24(21)31)26-25(17-9-5-2-6-10-17)33-27-22(32-26)13-19(28(36)34-27)14-23(35)16-7-3-1-4-8-16/h1-13,15,30H,14,31H2,(H,33,34,36). The Balaban J connectivity index is 1.70. The fourth-order valence-corrected chi connectivity index (χ4v) is 4.21. The molecule has 5 rings (SSSR count). The lowest BCUT2D eigenvalue weighted by atomic mass is 10.0. The monoisotopic (exact) mass is 493 g/mol. The summed E-state index contributed by atoms with van der Waals surface area (Å²) in [6.07, 6.45) is 1.06. The molecular weight excluding hydrogens is 474 g/mol. The lowest BCUT2D eigenvalue weighted by molar-refractivity contribution is 0.0992. The topological polar surface area (TPSA) is 126 Å². The average Bonchev–Trinajstić information content (AvgIpc) is 2.91. The van der Waals surface area contributed by atoms with Crippen LogP contribution in [0.5, 0.6) is 0 Å². The Hall–Kier alpha value is -4.62. The fraction of sp³-hybridized carbons (Fsp3) is 0.0357. The minimum atomic E-state index is -0.394. The number of hydrogen-bond acceptors (Lipinski definition) is 6. The molecule has 0 saturated carbocycles. The minimum Gasteiger partial charge on any atom is -0.397 e. The van der Waals surface area contributed by atoms with Gasteiger partial charge in [-0.15, -0.1) is 0 Å². The summed E-state index contributed by atoms with van der Waals surface area (Å²) in [5.74, 6) is -0.171. The number of nitrogens with one attached hydrogen (secondary N) is 2. The summed E-state index contributed by atoms with van der Waals surface area (Å²) in [7, 11) is 0. The number of anilines is 1. The number of H-pyrrole nitrogens is 1. The van der Waals surface area contributed by atoms with E-state index in [0.717, 1.165) is 11.8 Å². The first-order valence-electron chi connectivity index (χ1n) is 11.1.